The van der Waals surface area contributed by atoms with Gasteiger partial charge < -0.3 is 14.5 Å². The molecule has 0 radical (unpaired) electrons. The summed E-state index contributed by atoms with van der Waals surface area (Å²) in [6.07, 6.45) is -0.189. The van der Waals surface area contributed by atoms with Gasteiger partial charge in [0.1, 0.15) is 21.3 Å². The van der Waals surface area contributed by atoms with Gasteiger partial charge in [0.2, 0.25) is 0 Å². The molecule has 0 N–H and O–H groups in total. The van der Waals surface area contributed by atoms with E-state index in [2.05, 4.69) is 44.1 Å². The molecule has 9 heteroatoms. The Morgan fingerprint density at radius 3 is 1.75 bits per heavy atom. The molecule has 1 aliphatic rings. The average molecular weight is 273 g/mol. The topological polar surface area (TPSA) is 32.8 Å². The number of hydrogen-bond donors (Lipinski definition) is 0. The first kappa shape index (κ1) is 17.6. The summed E-state index contributed by atoms with van der Waals surface area (Å²) in [6.45, 7) is 9.02. The monoisotopic (exact) mass is 274 g/mol. The first-order valence-corrected chi connectivity index (χ1v) is 7.57. The van der Waals surface area contributed by atoms with Gasteiger partial charge in [-0.15, -0.1) is 5.11 Å². The van der Waals surface area contributed by atoms with Crippen LogP contribution >= 0.6 is 0 Å². The normalized spacial score (nSPS) is 18.9. The van der Waals surface area contributed by atoms with Gasteiger partial charge in [0.25, 0.3) is 0 Å². The van der Waals surface area contributed by atoms with Crippen LogP contribution in [-0.4, -0.2) is 92.2 Å². The van der Waals surface area contributed by atoms with E-state index in [-0.39, 0.29) is 16.5 Å². The molecule has 0 aliphatic carbocycles. The summed E-state index contributed by atoms with van der Waals surface area (Å²) < 4.78 is 5.43. The maximum atomic E-state index is 12.1. The molecule has 1 aliphatic heterocycles. The molecular formula is C11H27B5N2O2. The smallest absolute Gasteiger partial charge is 0.410 e. The van der Waals surface area contributed by atoms with Crippen LogP contribution < -0.4 is 0 Å². The molecule has 0 saturated carbocycles. The molecule has 1 amide bonds. The third-order valence-corrected chi connectivity index (χ3v) is 4.56. The lowest BCUT2D eigenvalue weighted by Crippen LogP contribution is -2.64. The fourth-order valence-corrected chi connectivity index (χ4v) is 2.25. The van der Waals surface area contributed by atoms with Gasteiger partial charge in [-0.1, -0.05) is 5.34 Å². The highest BCUT2D eigenvalue weighted by Crippen LogP contribution is 2.29. The van der Waals surface area contributed by atoms with E-state index in [1.165, 1.54) is 0 Å². The summed E-state index contributed by atoms with van der Waals surface area (Å²) in [4.78, 5) is 16.4. The SMILES string of the molecule is BC(B)(B)C(B)(B)N1CCN(C(=O)OC(C)(C)C)CC1. The Morgan fingerprint density at radius 2 is 1.40 bits per heavy atom. The largest absolute Gasteiger partial charge is 0.444 e. The van der Waals surface area contributed by atoms with Gasteiger partial charge in [-0.3, -0.25) is 0 Å². The van der Waals surface area contributed by atoms with Crippen molar-refractivity contribution in [3.63, 3.8) is 0 Å². The molecule has 0 atom stereocenters. The number of amides is 1. The van der Waals surface area contributed by atoms with Crippen LogP contribution in [0.5, 0.6) is 0 Å². The van der Waals surface area contributed by atoms with Crippen LogP contribution in [0.25, 0.3) is 0 Å². The molecule has 1 fully saturated rings. The number of hydrogen-bond acceptors (Lipinski definition) is 3. The van der Waals surface area contributed by atoms with E-state index < -0.39 is 5.60 Å². The molecule has 4 nitrogen and oxygen atoms in total. The first-order chi connectivity index (χ1) is 8.84. The second-order valence-corrected chi connectivity index (χ2v) is 8.26. The Bertz CT molecular complexity index is 357. The van der Waals surface area contributed by atoms with E-state index in [1.807, 2.05) is 25.7 Å². The quantitative estimate of drug-likeness (QED) is 0.488. The van der Waals surface area contributed by atoms with Gasteiger partial charge >= 0.3 is 6.09 Å². The maximum absolute atomic E-state index is 12.1. The number of carbonyl (C=O) groups is 1. The highest BCUT2D eigenvalue weighted by atomic mass is 16.6. The standard InChI is InChI=1S/C11H27B5N2O2/c1-9(2,3)20-8(19)17-4-6-18(7-5-17)11(15,16)10(12,13)14/h4-7,12-16H2,1-3H3. The number of piperazine rings is 1. The van der Waals surface area contributed by atoms with E-state index in [0.29, 0.717) is 0 Å². The van der Waals surface area contributed by atoms with E-state index in [9.17, 15) is 4.79 Å². The molecule has 0 aromatic carbocycles. The Labute approximate surface area is 128 Å². The van der Waals surface area contributed by atoms with Crippen LogP contribution in [0.15, 0.2) is 0 Å². The molecule has 0 aromatic heterocycles. The van der Waals surface area contributed by atoms with Gasteiger partial charge in [0.15, 0.2) is 0 Å². The van der Waals surface area contributed by atoms with Crippen molar-refractivity contribution < 1.29 is 9.53 Å². The van der Waals surface area contributed by atoms with Crippen molar-refractivity contribution in [2.75, 3.05) is 26.2 Å². The zero-order chi connectivity index (χ0) is 15.8. The summed E-state index contributed by atoms with van der Waals surface area (Å²) >= 11 is 0. The lowest BCUT2D eigenvalue weighted by Gasteiger charge is -2.52. The van der Waals surface area contributed by atoms with Gasteiger partial charge in [0, 0.05) is 26.2 Å². The number of ether oxygens (including phenoxy) is 1. The molecule has 1 saturated heterocycles. The lowest BCUT2D eigenvalue weighted by atomic mass is 9.26. The van der Waals surface area contributed by atoms with Crippen molar-refractivity contribution in [1.29, 1.82) is 0 Å². The minimum Gasteiger partial charge on any atom is -0.444 e. The summed E-state index contributed by atoms with van der Waals surface area (Å²) in [5, 5.41) is 0.327. The van der Waals surface area contributed by atoms with Crippen LogP contribution in [0.4, 0.5) is 4.79 Å². The van der Waals surface area contributed by atoms with Crippen LogP contribution in [0, 0.1) is 0 Å². The lowest BCUT2D eigenvalue weighted by molar-refractivity contribution is 0.0118. The Morgan fingerprint density at radius 1 is 0.950 bits per heavy atom. The van der Waals surface area contributed by atoms with Crippen molar-refractivity contribution in [2.45, 2.75) is 36.8 Å². The van der Waals surface area contributed by atoms with Crippen molar-refractivity contribution in [2.24, 2.45) is 0 Å². The number of carbonyl (C=O) groups excluding carboxylic acids is 1. The first-order valence-electron chi connectivity index (χ1n) is 7.57. The molecule has 0 bridgehead atoms. The van der Waals surface area contributed by atoms with Crippen LogP contribution in [-0.2, 0) is 4.74 Å². The predicted molar refractivity (Wildman–Crippen MR) is 97.5 cm³/mol. The number of rotatable bonds is 2. The Balaban J connectivity index is 2.58. The van der Waals surface area contributed by atoms with Crippen LogP contribution in [0.2, 0.25) is 5.11 Å². The zero-order valence-electron chi connectivity index (χ0n) is 14.5. The van der Waals surface area contributed by atoms with E-state index in [4.69, 9.17) is 4.74 Å². The van der Waals surface area contributed by atoms with Crippen molar-refractivity contribution in [1.82, 2.24) is 9.80 Å². The van der Waals surface area contributed by atoms with Gasteiger partial charge in [0.05, 0.1) is 23.5 Å². The summed E-state index contributed by atoms with van der Waals surface area (Å²) in [7, 11) is 11.4. The fourth-order valence-electron chi connectivity index (χ4n) is 2.25. The average Bonchev–Trinajstić information content (AvgIpc) is 2.25. The molecule has 0 unspecified atom stereocenters. The summed E-state index contributed by atoms with van der Waals surface area (Å²) in [5.41, 5.74) is -0.418. The van der Waals surface area contributed by atoms with Crippen molar-refractivity contribution in [3.8, 4) is 0 Å². The second-order valence-electron chi connectivity index (χ2n) is 8.26. The molecule has 1 rings (SSSR count). The van der Waals surface area contributed by atoms with E-state index in [0.717, 1.165) is 26.2 Å². The van der Waals surface area contributed by atoms with Crippen molar-refractivity contribution >= 4 is 45.3 Å². The van der Waals surface area contributed by atoms with Crippen LogP contribution in [0.1, 0.15) is 20.8 Å². The molecule has 108 valence electrons. The van der Waals surface area contributed by atoms with Gasteiger partial charge in [-0.2, -0.15) is 0 Å². The van der Waals surface area contributed by atoms with Gasteiger partial charge in [-0.25, -0.2) is 4.79 Å². The summed E-state index contributed by atoms with van der Waals surface area (Å²) in [5.74, 6) is 0. The van der Waals surface area contributed by atoms with E-state index >= 15 is 0 Å². The third kappa shape index (κ3) is 4.27. The Kier molecular flexibility index (Phi) is 5.06. The molecular weight excluding hydrogens is 246 g/mol. The predicted octanol–water partition coefficient (Wildman–Crippen LogP) is -3.57. The highest BCUT2D eigenvalue weighted by Gasteiger charge is 2.39. The number of nitrogens with zero attached hydrogens (tertiary/aromatic N) is 2. The summed E-state index contributed by atoms with van der Waals surface area (Å²) in [6, 6.07) is 0. The van der Waals surface area contributed by atoms with Gasteiger partial charge in [-0.05, 0) is 20.8 Å². The van der Waals surface area contributed by atoms with E-state index in [1.54, 1.807) is 0 Å². The van der Waals surface area contributed by atoms with Crippen LogP contribution in [0.3, 0.4) is 0 Å². The molecule has 0 spiro atoms. The Hall–Kier alpha value is -0.445. The van der Waals surface area contributed by atoms with Crippen molar-refractivity contribution in [3.05, 3.63) is 0 Å². The fraction of sp³-hybridized carbons (Fsp3) is 0.909. The highest BCUT2D eigenvalue weighted by molar-refractivity contribution is 6.67. The molecule has 20 heavy (non-hydrogen) atoms. The second kappa shape index (κ2) is 5.74. The maximum Gasteiger partial charge on any atom is 0.410 e. The third-order valence-electron chi connectivity index (χ3n) is 4.56. The zero-order valence-corrected chi connectivity index (χ0v) is 14.5. The molecule has 0 aromatic rings. The minimum absolute atomic E-state index is 0.118. The minimum atomic E-state index is -0.418. The molecule has 1 heterocycles.